The molecule has 1 fully saturated rings. The Morgan fingerprint density at radius 1 is 1.08 bits per heavy atom. The van der Waals surface area contributed by atoms with Gasteiger partial charge in [0.1, 0.15) is 5.82 Å². The third-order valence-corrected chi connectivity index (χ3v) is 5.45. The van der Waals surface area contributed by atoms with Gasteiger partial charge in [-0.3, -0.25) is 9.69 Å². The molecule has 1 N–H and O–H groups in total. The van der Waals surface area contributed by atoms with E-state index in [2.05, 4.69) is 34.5 Å². The summed E-state index contributed by atoms with van der Waals surface area (Å²) >= 11 is 1.25. The summed E-state index contributed by atoms with van der Waals surface area (Å²) in [6, 6.07) is 17.2. The van der Waals surface area contributed by atoms with Crippen LogP contribution in [0, 0.1) is 5.82 Å². The lowest BCUT2D eigenvalue weighted by atomic mass is 10.0. The number of nitrogens with zero attached hydrogens (tertiary/aromatic N) is 1. The first-order chi connectivity index (χ1) is 12.2. The molecule has 3 nitrogen and oxygen atoms in total. The second kappa shape index (κ2) is 9.02. The summed E-state index contributed by atoms with van der Waals surface area (Å²) in [4.78, 5) is 15.0. The predicted molar refractivity (Wildman–Crippen MR) is 100 cm³/mol. The fourth-order valence-electron chi connectivity index (χ4n) is 3.05. The van der Waals surface area contributed by atoms with E-state index in [1.807, 2.05) is 6.07 Å². The number of carbonyl (C=O) groups is 1. The minimum absolute atomic E-state index is 0.0187. The normalized spacial score (nSPS) is 15.9. The zero-order chi connectivity index (χ0) is 17.5. The fourth-order valence-corrected chi connectivity index (χ4v) is 3.80. The summed E-state index contributed by atoms with van der Waals surface area (Å²) in [5.74, 6) is -0.0326. The molecule has 1 aliphatic rings. The maximum atomic E-state index is 13.6. The number of nitrogens with one attached hydrogen (secondary N) is 1. The Morgan fingerprint density at radius 3 is 2.48 bits per heavy atom. The minimum atomic E-state index is -0.269. The molecule has 5 heteroatoms. The Morgan fingerprint density at radius 2 is 1.76 bits per heavy atom. The van der Waals surface area contributed by atoms with Crippen molar-refractivity contribution in [1.82, 2.24) is 10.2 Å². The zero-order valence-electron chi connectivity index (χ0n) is 14.2. The van der Waals surface area contributed by atoms with E-state index in [4.69, 9.17) is 0 Å². The van der Waals surface area contributed by atoms with Gasteiger partial charge in [0.2, 0.25) is 5.91 Å². The zero-order valence-corrected chi connectivity index (χ0v) is 15.0. The number of rotatable bonds is 6. The lowest BCUT2D eigenvalue weighted by Crippen LogP contribution is -2.44. The van der Waals surface area contributed by atoms with Crippen LogP contribution in [0.2, 0.25) is 0 Å². The van der Waals surface area contributed by atoms with Crippen LogP contribution in [0.4, 0.5) is 4.39 Å². The fraction of sp³-hybridized carbons (Fsp3) is 0.350. The maximum absolute atomic E-state index is 13.6. The largest absolute Gasteiger partial charge is 0.353 e. The highest BCUT2D eigenvalue weighted by molar-refractivity contribution is 8.00. The molecule has 132 valence electrons. The number of halogens is 1. The van der Waals surface area contributed by atoms with E-state index < -0.39 is 0 Å². The molecule has 25 heavy (non-hydrogen) atoms. The molecule has 0 aromatic heterocycles. The molecule has 0 saturated carbocycles. The maximum Gasteiger partial charge on any atom is 0.230 e. The third kappa shape index (κ3) is 5.58. The van der Waals surface area contributed by atoms with Crippen molar-refractivity contribution in [1.29, 1.82) is 0 Å². The van der Waals surface area contributed by atoms with Gasteiger partial charge in [0, 0.05) is 30.6 Å². The van der Waals surface area contributed by atoms with Gasteiger partial charge in [-0.2, -0.15) is 0 Å². The van der Waals surface area contributed by atoms with E-state index in [1.165, 1.54) is 23.4 Å². The molecule has 2 aromatic rings. The quantitative estimate of drug-likeness (QED) is 0.799. The van der Waals surface area contributed by atoms with Crippen molar-refractivity contribution >= 4 is 17.7 Å². The van der Waals surface area contributed by atoms with Gasteiger partial charge in [0.15, 0.2) is 0 Å². The van der Waals surface area contributed by atoms with Crippen molar-refractivity contribution in [2.45, 2.75) is 30.3 Å². The molecular formula is C20H23FN2OS. The Balaban J connectivity index is 1.38. The van der Waals surface area contributed by atoms with Crippen molar-refractivity contribution < 1.29 is 9.18 Å². The van der Waals surface area contributed by atoms with Gasteiger partial charge in [-0.1, -0.05) is 42.5 Å². The molecule has 1 saturated heterocycles. The first kappa shape index (κ1) is 18.0. The molecule has 0 spiro atoms. The minimum Gasteiger partial charge on any atom is -0.353 e. The van der Waals surface area contributed by atoms with E-state index in [-0.39, 0.29) is 23.5 Å². The second-order valence-electron chi connectivity index (χ2n) is 6.32. The molecule has 0 atom stereocenters. The van der Waals surface area contributed by atoms with Crippen LogP contribution in [0.5, 0.6) is 0 Å². The van der Waals surface area contributed by atoms with Crippen LogP contribution in [0.3, 0.4) is 0 Å². The number of hydrogen-bond donors (Lipinski definition) is 1. The van der Waals surface area contributed by atoms with Crippen LogP contribution in [0.1, 0.15) is 18.4 Å². The second-order valence-corrected chi connectivity index (χ2v) is 7.34. The SMILES string of the molecule is O=C(CSc1ccccc1F)NC1CCN(Cc2ccccc2)CC1. The van der Waals surface area contributed by atoms with Gasteiger partial charge in [-0.15, -0.1) is 11.8 Å². The monoisotopic (exact) mass is 358 g/mol. The first-order valence-electron chi connectivity index (χ1n) is 8.63. The average molecular weight is 358 g/mol. The number of thioether (sulfide) groups is 1. The summed E-state index contributed by atoms with van der Waals surface area (Å²) < 4.78 is 13.6. The van der Waals surface area contributed by atoms with Crippen molar-refractivity contribution in [3.63, 3.8) is 0 Å². The summed E-state index contributed by atoms with van der Waals surface area (Å²) in [6.45, 7) is 2.94. The summed E-state index contributed by atoms with van der Waals surface area (Å²) in [5.41, 5.74) is 1.33. The molecular weight excluding hydrogens is 335 g/mol. The molecule has 0 radical (unpaired) electrons. The summed E-state index contributed by atoms with van der Waals surface area (Å²) in [6.07, 6.45) is 1.92. The van der Waals surface area contributed by atoms with Crippen molar-refractivity contribution in [2.24, 2.45) is 0 Å². The number of hydrogen-bond acceptors (Lipinski definition) is 3. The van der Waals surface area contributed by atoms with Crippen LogP contribution < -0.4 is 5.32 Å². The lowest BCUT2D eigenvalue weighted by molar-refractivity contribution is -0.119. The Hall–Kier alpha value is -1.85. The van der Waals surface area contributed by atoms with Crippen molar-refractivity contribution in [3.05, 3.63) is 66.0 Å². The lowest BCUT2D eigenvalue weighted by Gasteiger charge is -2.32. The van der Waals surface area contributed by atoms with Crippen LogP contribution in [0.25, 0.3) is 0 Å². The number of likely N-dealkylation sites (tertiary alicyclic amines) is 1. The van der Waals surface area contributed by atoms with Crippen molar-refractivity contribution in [2.75, 3.05) is 18.8 Å². The number of piperidine rings is 1. The Bertz CT molecular complexity index is 687. The van der Waals surface area contributed by atoms with Gasteiger partial charge in [-0.25, -0.2) is 4.39 Å². The highest BCUT2D eigenvalue weighted by Gasteiger charge is 2.20. The van der Waals surface area contributed by atoms with Gasteiger partial charge in [0.05, 0.1) is 5.75 Å². The third-order valence-electron chi connectivity index (χ3n) is 4.40. The average Bonchev–Trinajstić information content (AvgIpc) is 2.64. The predicted octanol–water partition coefficient (Wildman–Crippen LogP) is 3.70. The van der Waals surface area contributed by atoms with Gasteiger partial charge in [0.25, 0.3) is 0 Å². The highest BCUT2D eigenvalue weighted by atomic mass is 32.2. The standard InChI is InChI=1S/C20H23FN2OS/c21-18-8-4-5-9-19(18)25-15-20(24)22-17-10-12-23(13-11-17)14-16-6-2-1-3-7-16/h1-9,17H,10-15H2,(H,22,24). The van der Waals surface area contributed by atoms with Gasteiger partial charge < -0.3 is 5.32 Å². The van der Waals surface area contributed by atoms with Crippen LogP contribution in [-0.2, 0) is 11.3 Å². The smallest absolute Gasteiger partial charge is 0.230 e. The van der Waals surface area contributed by atoms with E-state index in [9.17, 15) is 9.18 Å². The van der Waals surface area contributed by atoms with E-state index in [0.717, 1.165) is 32.5 Å². The first-order valence-corrected chi connectivity index (χ1v) is 9.62. The van der Waals surface area contributed by atoms with Crippen molar-refractivity contribution in [3.8, 4) is 0 Å². The van der Waals surface area contributed by atoms with Crippen LogP contribution in [0.15, 0.2) is 59.5 Å². The van der Waals surface area contributed by atoms with Crippen LogP contribution in [-0.4, -0.2) is 35.7 Å². The molecule has 1 heterocycles. The van der Waals surface area contributed by atoms with E-state index in [0.29, 0.717) is 4.90 Å². The Kier molecular flexibility index (Phi) is 6.48. The Labute approximate surface area is 152 Å². The van der Waals surface area contributed by atoms with Gasteiger partial charge >= 0.3 is 0 Å². The number of amides is 1. The van der Waals surface area contributed by atoms with Gasteiger partial charge in [-0.05, 0) is 30.5 Å². The van der Waals surface area contributed by atoms with E-state index >= 15 is 0 Å². The molecule has 1 aliphatic heterocycles. The number of benzene rings is 2. The molecule has 2 aromatic carbocycles. The molecule has 0 aliphatic carbocycles. The van der Waals surface area contributed by atoms with Crippen LogP contribution >= 0.6 is 11.8 Å². The molecule has 1 amide bonds. The topological polar surface area (TPSA) is 32.3 Å². The summed E-state index contributed by atoms with van der Waals surface area (Å²) in [5, 5.41) is 3.08. The number of carbonyl (C=O) groups excluding carboxylic acids is 1. The molecule has 3 rings (SSSR count). The highest BCUT2D eigenvalue weighted by Crippen LogP contribution is 2.21. The molecule has 0 bridgehead atoms. The molecule has 0 unspecified atom stereocenters. The van der Waals surface area contributed by atoms with E-state index in [1.54, 1.807) is 18.2 Å². The summed E-state index contributed by atoms with van der Waals surface area (Å²) in [7, 11) is 0.